The van der Waals surface area contributed by atoms with Crippen molar-refractivity contribution in [2.45, 2.75) is 31.8 Å². The molecule has 31 heavy (non-hydrogen) atoms. The van der Waals surface area contributed by atoms with E-state index in [1.54, 1.807) is 41.3 Å². The molecule has 2 heterocycles. The summed E-state index contributed by atoms with van der Waals surface area (Å²) >= 11 is 12.0. The minimum absolute atomic E-state index is 0.154. The van der Waals surface area contributed by atoms with E-state index in [0.29, 0.717) is 39.7 Å². The highest BCUT2D eigenvalue weighted by Crippen LogP contribution is 2.26. The van der Waals surface area contributed by atoms with Crippen LogP contribution in [0.25, 0.3) is 11.0 Å². The number of anilines is 1. The fraction of sp³-hybridized carbons (Fsp3) is 0.273. The van der Waals surface area contributed by atoms with Crippen LogP contribution in [-0.4, -0.2) is 38.9 Å². The first-order valence-corrected chi connectivity index (χ1v) is 10.7. The van der Waals surface area contributed by atoms with Gasteiger partial charge in [-0.15, -0.1) is 0 Å². The molecular weight excluding hydrogens is 439 g/mol. The Kier molecular flexibility index (Phi) is 6.25. The third kappa shape index (κ3) is 4.57. The average molecular weight is 459 g/mol. The number of hydrogen-bond donors (Lipinski definition) is 1. The van der Waals surface area contributed by atoms with Crippen molar-refractivity contribution in [1.29, 1.82) is 0 Å². The van der Waals surface area contributed by atoms with E-state index in [0.717, 1.165) is 12.8 Å². The summed E-state index contributed by atoms with van der Waals surface area (Å²) < 4.78 is 1.40. The van der Waals surface area contributed by atoms with E-state index < -0.39 is 6.04 Å². The second-order valence-corrected chi connectivity index (χ2v) is 8.20. The first-order valence-electron chi connectivity index (χ1n) is 9.94. The summed E-state index contributed by atoms with van der Waals surface area (Å²) in [6.45, 7) is 0.300. The number of halogens is 2. The quantitative estimate of drug-likeness (QED) is 0.645. The second kappa shape index (κ2) is 9.08. The molecule has 160 valence electrons. The Hall–Kier alpha value is -2.90. The van der Waals surface area contributed by atoms with E-state index in [-0.39, 0.29) is 23.9 Å². The smallest absolute Gasteiger partial charge is 0.269 e. The zero-order chi connectivity index (χ0) is 22.0. The van der Waals surface area contributed by atoms with Crippen molar-refractivity contribution in [1.82, 2.24) is 14.5 Å². The van der Waals surface area contributed by atoms with Gasteiger partial charge in [-0.05, 0) is 49.6 Å². The number of rotatable bonds is 4. The molecule has 0 bridgehead atoms. The summed E-state index contributed by atoms with van der Waals surface area (Å²) in [6, 6.07) is 11.3. The molecule has 7 nitrogen and oxygen atoms in total. The maximum Gasteiger partial charge on any atom is 0.269 e. The Morgan fingerprint density at radius 2 is 1.90 bits per heavy atom. The maximum atomic E-state index is 13.2. The number of likely N-dealkylation sites (tertiary alicyclic amines) is 1. The molecule has 4 rings (SSSR count). The van der Waals surface area contributed by atoms with Crippen LogP contribution in [-0.2, 0) is 16.1 Å². The minimum Gasteiger partial charge on any atom is -0.329 e. The van der Waals surface area contributed by atoms with Gasteiger partial charge in [-0.2, -0.15) is 0 Å². The molecule has 1 aromatic heterocycles. The lowest BCUT2D eigenvalue weighted by Gasteiger charge is -2.35. The number of carbonyl (C=O) groups is 2. The van der Waals surface area contributed by atoms with Gasteiger partial charge in [0.15, 0.2) is 0 Å². The minimum atomic E-state index is -0.625. The van der Waals surface area contributed by atoms with E-state index in [1.807, 2.05) is 6.07 Å². The van der Waals surface area contributed by atoms with Crippen LogP contribution in [0.3, 0.4) is 0 Å². The van der Waals surface area contributed by atoms with Crippen LogP contribution >= 0.6 is 23.2 Å². The number of nitrogens with one attached hydrogen (secondary N) is 1. The van der Waals surface area contributed by atoms with Crippen molar-refractivity contribution in [3.63, 3.8) is 0 Å². The molecule has 3 aromatic rings. The van der Waals surface area contributed by atoms with Crippen molar-refractivity contribution in [2.24, 2.45) is 0 Å². The molecule has 1 saturated heterocycles. The topological polar surface area (TPSA) is 84.3 Å². The number of aromatic nitrogens is 2. The second-order valence-electron chi connectivity index (χ2n) is 7.39. The van der Waals surface area contributed by atoms with Gasteiger partial charge in [-0.3, -0.25) is 19.0 Å². The third-order valence-corrected chi connectivity index (χ3v) is 6.10. The van der Waals surface area contributed by atoms with Gasteiger partial charge in [0.2, 0.25) is 11.8 Å². The molecule has 1 unspecified atom stereocenters. The Labute approximate surface area is 188 Å². The largest absolute Gasteiger partial charge is 0.329 e. The van der Waals surface area contributed by atoms with Crippen LogP contribution < -0.4 is 10.9 Å². The number of hydrogen-bond acceptors (Lipinski definition) is 4. The molecule has 2 aromatic carbocycles. The predicted octanol–water partition coefficient (Wildman–Crippen LogP) is 3.72. The number of fused-ring (bicyclic) bond motifs is 1. The van der Waals surface area contributed by atoms with Crippen molar-refractivity contribution in [3.8, 4) is 0 Å². The lowest BCUT2D eigenvalue weighted by Crippen LogP contribution is -2.51. The highest BCUT2D eigenvalue weighted by Gasteiger charge is 2.32. The first-order chi connectivity index (χ1) is 14.9. The SMILES string of the molecule is O=C(Nc1ccc(Cl)c(Cl)c1)C1CCCCN1C(=O)Cn1c(=O)cnc2ccccc21. The van der Waals surface area contributed by atoms with Gasteiger partial charge in [0.25, 0.3) is 5.56 Å². The number of para-hydroxylation sites is 2. The molecule has 9 heteroatoms. The zero-order valence-electron chi connectivity index (χ0n) is 16.6. The number of benzene rings is 2. The number of piperidine rings is 1. The van der Waals surface area contributed by atoms with Crippen LogP contribution in [0, 0.1) is 0 Å². The van der Waals surface area contributed by atoms with Crippen molar-refractivity contribution in [3.05, 3.63) is 69.1 Å². The molecule has 1 fully saturated rings. The predicted molar refractivity (Wildman–Crippen MR) is 120 cm³/mol. The molecule has 1 aliphatic heterocycles. The molecule has 1 aliphatic rings. The molecule has 1 N–H and O–H groups in total. The zero-order valence-corrected chi connectivity index (χ0v) is 18.1. The summed E-state index contributed by atoms with van der Waals surface area (Å²) in [7, 11) is 0. The van der Waals surface area contributed by atoms with E-state index in [9.17, 15) is 14.4 Å². The van der Waals surface area contributed by atoms with Gasteiger partial charge in [-0.25, -0.2) is 4.98 Å². The molecular formula is C22H20Cl2N4O3. The van der Waals surface area contributed by atoms with Crippen LogP contribution in [0.15, 0.2) is 53.5 Å². The first kappa shape index (κ1) is 21.3. The molecule has 1 atom stereocenters. The molecule has 2 amide bonds. The normalized spacial score (nSPS) is 16.3. The molecule has 0 spiro atoms. The summed E-state index contributed by atoms with van der Waals surface area (Å²) in [5.74, 6) is -0.578. The summed E-state index contributed by atoms with van der Waals surface area (Å²) in [5, 5.41) is 3.54. The van der Waals surface area contributed by atoms with Gasteiger partial charge in [0.1, 0.15) is 12.6 Å². The summed E-state index contributed by atoms with van der Waals surface area (Å²) in [4.78, 5) is 44.2. The number of carbonyl (C=O) groups excluding carboxylic acids is 2. The summed E-state index contributed by atoms with van der Waals surface area (Å²) in [5.41, 5.74) is 1.36. The molecule has 0 aliphatic carbocycles. The monoisotopic (exact) mass is 458 g/mol. The number of nitrogens with zero attached hydrogens (tertiary/aromatic N) is 3. The van der Waals surface area contributed by atoms with E-state index in [4.69, 9.17) is 23.2 Å². The maximum absolute atomic E-state index is 13.2. The molecule has 0 radical (unpaired) electrons. The van der Waals surface area contributed by atoms with E-state index in [2.05, 4.69) is 10.3 Å². The van der Waals surface area contributed by atoms with E-state index in [1.165, 1.54) is 10.8 Å². The lowest BCUT2D eigenvalue weighted by molar-refractivity contribution is -0.140. The van der Waals surface area contributed by atoms with Crippen LogP contribution in [0.2, 0.25) is 10.0 Å². The Balaban J connectivity index is 1.55. The Bertz CT molecular complexity index is 1210. The average Bonchev–Trinajstić information content (AvgIpc) is 2.78. The van der Waals surface area contributed by atoms with Gasteiger partial charge >= 0.3 is 0 Å². The van der Waals surface area contributed by atoms with Crippen molar-refractivity contribution >= 4 is 51.7 Å². The number of amides is 2. The van der Waals surface area contributed by atoms with Gasteiger partial charge in [0, 0.05) is 12.2 Å². The fourth-order valence-electron chi connectivity index (χ4n) is 3.81. The van der Waals surface area contributed by atoms with Crippen LogP contribution in [0.4, 0.5) is 5.69 Å². The van der Waals surface area contributed by atoms with Crippen LogP contribution in [0.1, 0.15) is 19.3 Å². The standard InChI is InChI=1S/C22H20Cl2N4O3/c23-15-9-8-14(11-16(15)24)26-22(31)19-7-3-4-10-27(19)21(30)13-28-18-6-2-1-5-17(18)25-12-20(28)29/h1-2,5-6,8-9,11-12,19H,3-4,7,10,13H2,(H,26,31). The van der Waals surface area contributed by atoms with Gasteiger partial charge < -0.3 is 10.2 Å². The van der Waals surface area contributed by atoms with Crippen LogP contribution in [0.5, 0.6) is 0 Å². The Morgan fingerprint density at radius 3 is 2.71 bits per heavy atom. The van der Waals surface area contributed by atoms with Crippen molar-refractivity contribution in [2.75, 3.05) is 11.9 Å². The van der Waals surface area contributed by atoms with Gasteiger partial charge in [0.05, 0.1) is 27.3 Å². The highest BCUT2D eigenvalue weighted by molar-refractivity contribution is 6.42. The van der Waals surface area contributed by atoms with E-state index >= 15 is 0 Å². The van der Waals surface area contributed by atoms with Gasteiger partial charge in [-0.1, -0.05) is 35.3 Å². The lowest BCUT2D eigenvalue weighted by atomic mass is 10.0. The fourth-order valence-corrected chi connectivity index (χ4v) is 4.10. The summed E-state index contributed by atoms with van der Waals surface area (Å²) in [6.07, 6.45) is 3.39. The van der Waals surface area contributed by atoms with Crippen molar-refractivity contribution < 1.29 is 9.59 Å². The molecule has 0 saturated carbocycles. The highest BCUT2D eigenvalue weighted by atomic mass is 35.5. The Morgan fingerprint density at radius 1 is 1.10 bits per heavy atom. The third-order valence-electron chi connectivity index (χ3n) is 5.36.